The number of rotatable bonds is 7. The fraction of sp³-hybridized carbons (Fsp3) is 0.909. The molecule has 0 aromatic carbocycles. The predicted molar refractivity (Wildman–Crippen MR) is 64.5 cm³/mol. The van der Waals surface area contributed by atoms with Gasteiger partial charge in [0.2, 0.25) is 5.91 Å². The molecule has 6 heteroatoms. The average molecular weight is 314 g/mol. The quantitative estimate of drug-likeness (QED) is 0.533. The molecule has 1 aliphatic rings. The summed E-state index contributed by atoms with van der Waals surface area (Å²) in [5, 5.41) is 0.956. The molecule has 17 heavy (non-hydrogen) atoms. The van der Waals surface area contributed by atoms with Crippen molar-refractivity contribution in [3.63, 3.8) is 0 Å². The van der Waals surface area contributed by atoms with Gasteiger partial charge in [-0.3, -0.25) is 4.79 Å². The van der Waals surface area contributed by atoms with Crippen LogP contribution in [0.15, 0.2) is 0 Å². The minimum absolute atomic E-state index is 0.0105. The van der Waals surface area contributed by atoms with Crippen LogP contribution in [0.3, 0.4) is 0 Å². The van der Waals surface area contributed by atoms with Crippen molar-refractivity contribution in [2.24, 2.45) is 5.92 Å². The average Bonchev–Trinajstić information content (AvgIpc) is 2.73. The van der Waals surface area contributed by atoms with E-state index in [2.05, 4.69) is 15.9 Å². The Kier molecular flexibility index (Phi) is 6.96. The third kappa shape index (κ3) is 5.77. The van der Waals surface area contributed by atoms with Gasteiger partial charge in [0.1, 0.15) is 6.61 Å². The number of hydrogen-bond acceptors (Lipinski definition) is 2. The Balaban J connectivity index is 2.12. The van der Waals surface area contributed by atoms with Crippen LogP contribution in [0.1, 0.15) is 19.3 Å². The van der Waals surface area contributed by atoms with E-state index in [0.717, 1.165) is 31.3 Å². The molecule has 0 bridgehead atoms. The smallest absolute Gasteiger partial charge is 0.261 e. The molecule has 0 N–H and O–H groups in total. The molecule has 1 aliphatic heterocycles. The topological polar surface area (TPSA) is 29.5 Å². The number of hydrogen-bond donors (Lipinski definition) is 0. The summed E-state index contributed by atoms with van der Waals surface area (Å²) < 4.78 is 28.2. The molecule has 1 amide bonds. The SMILES string of the molecule is O=C(CCOCC(F)F)N1CCC(CCBr)C1. The molecule has 1 atom stereocenters. The van der Waals surface area contributed by atoms with Crippen LogP contribution in [-0.4, -0.2) is 48.9 Å². The molecule has 0 radical (unpaired) electrons. The number of halogens is 3. The Morgan fingerprint density at radius 2 is 2.29 bits per heavy atom. The van der Waals surface area contributed by atoms with Crippen LogP contribution in [0, 0.1) is 5.92 Å². The Labute approximate surface area is 109 Å². The molecule has 1 rings (SSSR count). The van der Waals surface area contributed by atoms with Gasteiger partial charge in [0.15, 0.2) is 0 Å². The van der Waals surface area contributed by atoms with E-state index in [1.165, 1.54) is 0 Å². The zero-order chi connectivity index (χ0) is 12.7. The summed E-state index contributed by atoms with van der Waals surface area (Å²) >= 11 is 3.39. The van der Waals surface area contributed by atoms with Crippen molar-refractivity contribution >= 4 is 21.8 Å². The first-order valence-corrected chi connectivity index (χ1v) is 6.95. The highest BCUT2D eigenvalue weighted by Gasteiger charge is 2.25. The molecule has 0 saturated carbocycles. The second-order valence-corrected chi connectivity index (χ2v) is 4.98. The normalized spacial score (nSPS) is 20.2. The maximum Gasteiger partial charge on any atom is 0.261 e. The number of nitrogens with zero attached hydrogens (tertiary/aromatic N) is 1. The second-order valence-electron chi connectivity index (χ2n) is 4.19. The van der Waals surface area contributed by atoms with Gasteiger partial charge in [-0.25, -0.2) is 8.78 Å². The summed E-state index contributed by atoms with van der Waals surface area (Å²) in [4.78, 5) is 13.5. The van der Waals surface area contributed by atoms with Gasteiger partial charge in [0.25, 0.3) is 6.43 Å². The Morgan fingerprint density at radius 3 is 2.94 bits per heavy atom. The van der Waals surface area contributed by atoms with Gasteiger partial charge in [-0.05, 0) is 18.8 Å². The van der Waals surface area contributed by atoms with E-state index in [-0.39, 0.29) is 18.9 Å². The molecular weight excluding hydrogens is 296 g/mol. The lowest BCUT2D eigenvalue weighted by Gasteiger charge is -2.16. The van der Waals surface area contributed by atoms with Gasteiger partial charge < -0.3 is 9.64 Å². The summed E-state index contributed by atoms with van der Waals surface area (Å²) in [6.07, 6.45) is -0.144. The molecule has 3 nitrogen and oxygen atoms in total. The summed E-state index contributed by atoms with van der Waals surface area (Å²) in [7, 11) is 0. The van der Waals surface area contributed by atoms with E-state index in [1.54, 1.807) is 4.90 Å². The van der Waals surface area contributed by atoms with Crippen LogP contribution in [0.4, 0.5) is 8.78 Å². The first-order chi connectivity index (χ1) is 8.13. The molecule has 100 valence electrons. The summed E-state index contributed by atoms with van der Waals surface area (Å²) in [5.41, 5.74) is 0. The molecular formula is C11H18BrF2NO2. The van der Waals surface area contributed by atoms with Crippen molar-refractivity contribution in [2.45, 2.75) is 25.7 Å². The zero-order valence-electron chi connectivity index (χ0n) is 9.71. The number of alkyl halides is 3. The van der Waals surface area contributed by atoms with Gasteiger partial charge in [0.05, 0.1) is 13.0 Å². The van der Waals surface area contributed by atoms with Crippen molar-refractivity contribution in [3.8, 4) is 0 Å². The van der Waals surface area contributed by atoms with Crippen LogP contribution in [-0.2, 0) is 9.53 Å². The highest BCUT2D eigenvalue weighted by atomic mass is 79.9. The van der Waals surface area contributed by atoms with E-state index in [9.17, 15) is 13.6 Å². The van der Waals surface area contributed by atoms with Crippen LogP contribution < -0.4 is 0 Å². The van der Waals surface area contributed by atoms with Crippen molar-refractivity contribution in [1.29, 1.82) is 0 Å². The lowest BCUT2D eigenvalue weighted by Crippen LogP contribution is -2.29. The van der Waals surface area contributed by atoms with Crippen molar-refractivity contribution in [2.75, 3.05) is 31.6 Å². The van der Waals surface area contributed by atoms with Gasteiger partial charge in [-0.1, -0.05) is 15.9 Å². The van der Waals surface area contributed by atoms with Crippen molar-refractivity contribution < 1.29 is 18.3 Å². The molecule has 0 aliphatic carbocycles. The predicted octanol–water partition coefficient (Wildman–Crippen LogP) is 2.29. The third-order valence-corrected chi connectivity index (χ3v) is 3.32. The van der Waals surface area contributed by atoms with Crippen LogP contribution >= 0.6 is 15.9 Å². The number of carbonyl (C=O) groups is 1. The largest absolute Gasteiger partial charge is 0.375 e. The highest BCUT2D eigenvalue weighted by molar-refractivity contribution is 9.09. The molecule has 0 aromatic rings. The number of likely N-dealkylation sites (tertiary alicyclic amines) is 1. The summed E-state index contributed by atoms with van der Waals surface area (Å²) in [5.74, 6) is 0.580. The zero-order valence-corrected chi connectivity index (χ0v) is 11.3. The Bertz CT molecular complexity index is 242. The van der Waals surface area contributed by atoms with Crippen LogP contribution in [0.2, 0.25) is 0 Å². The summed E-state index contributed by atoms with van der Waals surface area (Å²) in [6, 6.07) is 0. The standard InChI is InChI=1S/C11H18BrF2NO2/c12-4-1-9-2-5-15(7-9)11(16)3-6-17-8-10(13)14/h9-10H,1-8H2. The third-order valence-electron chi connectivity index (χ3n) is 2.86. The lowest BCUT2D eigenvalue weighted by atomic mass is 10.1. The van der Waals surface area contributed by atoms with Gasteiger partial charge >= 0.3 is 0 Å². The second kappa shape index (κ2) is 7.97. The van der Waals surface area contributed by atoms with E-state index < -0.39 is 13.0 Å². The van der Waals surface area contributed by atoms with Crippen LogP contribution in [0.25, 0.3) is 0 Å². The number of amides is 1. The maximum atomic E-state index is 11.8. The molecule has 0 aromatic heterocycles. The first kappa shape index (κ1) is 14.8. The summed E-state index contributed by atoms with van der Waals surface area (Å²) in [6.45, 7) is 1.08. The fourth-order valence-corrected chi connectivity index (χ4v) is 2.59. The number of ether oxygens (including phenoxy) is 1. The first-order valence-electron chi connectivity index (χ1n) is 5.83. The van der Waals surface area contributed by atoms with E-state index >= 15 is 0 Å². The van der Waals surface area contributed by atoms with Gasteiger partial charge in [-0.15, -0.1) is 0 Å². The maximum absolute atomic E-state index is 11.8. The van der Waals surface area contributed by atoms with E-state index in [1.807, 2.05) is 0 Å². The molecule has 0 spiro atoms. The molecule has 1 saturated heterocycles. The molecule has 1 fully saturated rings. The molecule has 1 heterocycles. The lowest BCUT2D eigenvalue weighted by molar-refractivity contribution is -0.131. The fourth-order valence-electron chi connectivity index (χ4n) is 1.94. The molecule has 1 unspecified atom stereocenters. The van der Waals surface area contributed by atoms with Gasteiger partial charge in [0, 0.05) is 18.4 Å². The monoisotopic (exact) mass is 313 g/mol. The minimum Gasteiger partial charge on any atom is -0.375 e. The minimum atomic E-state index is -2.46. The Morgan fingerprint density at radius 1 is 1.53 bits per heavy atom. The van der Waals surface area contributed by atoms with Crippen molar-refractivity contribution in [1.82, 2.24) is 4.90 Å². The number of carbonyl (C=O) groups excluding carboxylic acids is 1. The highest BCUT2D eigenvalue weighted by Crippen LogP contribution is 2.20. The van der Waals surface area contributed by atoms with Crippen LogP contribution in [0.5, 0.6) is 0 Å². The van der Waals surface area contributed by atoms with Crippen molar-refractivity contribution in [3.05, 3.63) is 0 Å². The van der Waals surface area contributed by atoms with E-state index in [0.29, 0.717) is 5.92 Å². The Hall–Kier alpha value is -0.230. The van der Waals surface area contributed by atoms with Gasteiger partial charge in [-0.2, -0.15) is 0 Å². The van der Waals surface area contributed by atoms with E-state index in [4.69, 9.17) is 4.74 Å².